The van der Waals surface area contributed by atoms with Crippen molar-refractivity contribution < 1.29 is 9.90 Å². The first-order valence-electron chi connectivity index (χ1n) is 5.58. The second-order valence-corrected chi connectivity index (χ2v) is 4.45. The molecule has 2 aromatic rings. The molecule has 0 spiro atoms. The molecule has 2 aromatic heterocycles. The van der Waals surface area contributed by atoms with Crippen LogP contribution in [0.5, 0.6) is 0 Å². The summed E-state index contributed by atoms with van der Waals surface area (Å²) in [5.74, 6) is -0.747. The van der Waals surface area contributed by atoms with Gasteiger partial charge in [-0.15, -0.1) is 0 Å². The number of carboxylic acids is 1. The van der Waals surface area contributed by atoms with E-state index in [1.807, 2.05) is 26.0 Å². The Labute approximate surface area is 115 Å². The zero-order valence-corrected chi connectivity index (χ0v) is 11.2. The molecule has 0 amide bonds. The largest absolute Gasteiger partial charge is 0.476 e. The van der Waals surface area contributed by atoms with Crippen molar-refractivity contribution in [1.82, 2.24) is 9.97 Å². The van der Waals surface area contributed by atoms with Crippen LogP contribution in [0.25, 0.3) is 0 Å². The molecule has 5 nitrogen and oxygen atoms in total. The standard InChI is InChI=1S/C13H12ClN3O2/c1-7-3-5-10(8(2)15-7)16-11-6-4-9(14)12(17-11)13(18)19/h3-6H,1-2H3,(H,16,17)(H,18,19). The van der Waals surface area contributed by atoms with E-state index in [4.69, 9.17) is 16.7 Å². The van der Waals surface area contributed by atoms with E-state index in [2.05, 4.69) is 15.3 Å². The molecule has 0 saturated heterocycles. The highest BCUT2D eigenvalue weighted by Crippen LogP contribution is 2.21. The van der Waals surface area contributed by atoms with Gasteiger partial charge in [0.25, 0.3) is 0 Å². The van der Waals surface area contributed by atoms with E-state index in [0.29, 0.717) is 5.82 Å². The molecular weight excluding hydrogens is 266 g/mol. The minimum Gasteiger partial charge on any atom is -0.476 e. The van der Waals surface area contributed by atoms with Gasteiger partial charge in [-0.2, -0.15) is 0 Å². The van der Waals surface area contributed by atoms with Crippen molar-refractivity contribution in [2.45, 2.75) is 13.8 Å². The van der Waals surface area contributed by atoms with Crippen molar-refractivity contribution in [3.8, 4) is 0 Å². The van der Waals surface area contributed by atoms with Crippen molar-refractivity contribution >= 4 is 29.1 Å². The Kier molecular flexibility index (Phi) is 3.66. The molecule has 0 saturated carbocycles. The van der Waals surface area contributed by atoms with Crippen molar-refractivity contribution in [3.63, 3.8) is 0 Å². The number of halogens is 1. The molecule has 0 aliphatic rings. The Balaban J connectivity index is 2.33. The van der Waals surface area contributed by atoms with Gasteiger partial charge in [-0.3, -0.25) is 4.98 Å². The van der Waals surface area contributed by atoms with Crippen LogP contribution in [0.3, 0.4) is 0 Å². The highest BCUT2D eigenvalue weighted by molar-refractivity contribution is 6.33. The fourth-order valence-corrected chi connectivity index (χ4v) is 1.80. The van der Waals surface area contributed by atoms with Crippen LogP contribution in [-0.2, 0) is 0 Å². The van der Waals surface area contributed by atoms with Gasteiger partial charge in [0.2, 0.25) is 0 Å². The van der Waals surface area contributed by atoms with E-state index < -0.39 is 5.97 Å². The van der Waals surface area contributed by atoms with Gasteiger partial charge in [-0.1, -0.05) is 11.6 Å². The number of aryl methyl sites for hydroxylation is 2. The number of anilines is 2. The highest BCUT2D eigenvalue weighted by atomic mass is 35.5. The lowest BCUT2D eigenvalue weighted by atomic mass is 10.2. The molecule has 0 fully saturated rings. The molecule has 0 aliphatic heterocycles. The molecule has 0 bridgehead atoms. The van der Waals surface area contributed by atoms with Crippen LogP contribution in [0, 0.1) is 13.8 Å². The molecule has 0 atom stereocenters. The fraction of sp³-hybridized carbons (Fsp3) is 0.154. The number of nitrogens with zero attached hydrogens (tertiary/aromatic N) is 2. The lowest BCUT2D eigenvalue weighted by molar-refractivity contribution is 0.0691. The van der Waals surface area contributed by atoms with Crippen LogP contribution >= 0.6 is 11.6 Å². The molecule has 6 heteroatoms. The summed E-state index contributed by atoms with van der Waals surface area (Å²) in [5, 5.41) is 12.1. The summed E-state index contributed by atoms with van der Waals surface area (Å²) in [4.78, 5) is 19.2. The van der Waals surface area contributed by atoms with Crippen molar-refractivity contribution in [2.24, 2.45) is 0 Å². The van der Waals surface area contributed by atoms with Crippen LogP contribution in [0.15, 0.2) is 24.3 Å². The zero-order valence-electron chi connectivity index (χ0n) is 10.4. The number of aromatic carboxylic acids is 1. The Hall–Kier alpha value is -2.14. The topological polar surface area (TPSA) is 75.1 Å². The van der Waals surface area contributed by atoms with E-state index >= 15 is 0 Å². The Morgan fingerprint density at radius 1 is 1.21 bits per heavy atom. The minimum absolute atomic E-state index is 0.108. The van der Waals surface area contributed by atoms with Gasteiger partial charge < -0.3 is 10.4 Å². The van der Waals surface area contributed by atoms with Crippen molar-refractivity contribution in [2.75, 3.05) is 5.32 Å². The molecule has 98 valence electrons. The van der Waals surface area contributed by atoms with E-state index in [1.165, 1.54) is 6.07 Å². The molecule has 0 radical (unpaired) electrons. The monoisotopic (exact) mass is 277 g/mol. The Morgan fingerprint density at radius 2 is 1.95 bits per heavy atom. The summed E-state index contributed by atoms with van der Waals surface area (Å²) in [7, 11) is 0. The quantitative estimate of drug-likeness (QED) is 0.901. The first-order valence-corrected chi connectivity index (χ1v) is 5.96. The summed E-state index contributed by atoms with van der Waals surface area (Å²) in [6, 6.07) is 6.85. The van der Waals surface area contributed by atoms with Crippen LogP contribution in [0.4, 0.5) is 11.5 Å². The van der Waals surface area contributed by atoms with Gasteiger partial charge in [-0.05, 0) is 38.1 Å². The summed E-state index contributed by atoms with van der Waals surface area (Å²) in [6.45, 7) is 3.77. The minimum atomic E-state index is -1.16. The lowest BCUT2D eigenvalue weighted by Crippen LogP contribution is -2.05. The van der Waals surface area contributed by atoms with E-state index in [1.54, 1.807) is 6.07 Å². The third kappa shape index (κ3) is 3.00. The molecule has 2 heterocycles. The third-order valence-electron chi connectivity index (χ3n) is 2.54. The van der Waals surface area contributed by atoms with Gasteiger partial charge >= 0.3 is 5.97 Å². The Bertz CT molecular complexity index is 644. The number of nitrogens with one attached hydrogen (secondary N) is 1. The first-order chi connectivity index (χ1) is 8.97. The molecule has 2 N–H and O–H groups in total. The van der Waals surface area contributed by atoms with Crippen LogP contribution < -0.4 is 5.32 Å². The number of aromatic nitrogens is 2. The second kappa shape index (κ2) is 5.24. The van der Waals surface area contributed by atoms with Gasteiger partial charge in [0.05, 0.1) is 16.4 Å². The summed E-state index contributed by atoms with van der Waals surface area (Å²) in [6.07, 6.45) is 0. The predicted octanol–water partition coefficient (Wildman–Crippen LogP) is 3.19. The summed E-state index contributed by atoms with van der Waals surface area (Å²) in [5.41, 5.74) is 2.33. The highest BCUT2D eigenvalue weighted by Gasteiger charge is 2.12. The number of pyridine rings is 2. The first kappa shape index (κ1) is 13.3. The summed E-state index contributed by atoms with van der Waals surface area (Å²) < 4.78 is 0. The number of carboxylic acid groups (broad SMARTS) is 1. The van der Waals surface area contributed by atoms with Crippen LogP contribution in [-0.4, -0.2) is 21.0 Å². The van der Waals surface area contributed by atoms with Crippen LogP contribution in [0.2, 0.25) is 5.02 Å². The van der Waals surface area contributed by atoms with Gasteiger partial charge in [-0.25, -0.2) is 9.78 Å². The normalized spacial score (nSPS) is 10.3. The molecule has 0 aliphatic carbocycles. The third-order valence-corrected chi connectivity index (χ3v) is 2.84. The average Bonchev–Trinajstić information content (AvgIpc) is 2.34. The van der Waals surface area contributed by atoms with Gasteiger partial charge in [0.1, 0.15) is 5.82 Å². The van der Waals surface area contributed by atoms with Crippen LogP contribution in [0.1, 0.15) is 21.9 Å². The maximum absolute atomic E-state index is 11.0. The number of carbonyl (C=O) groups is 1. The SMILES string of the molecule is Cc1ccc(Nc2ccc(Cl)c(C(=O)O)n2)c(C)n1. The van der Waals surface area contributed by atoms with E-state index in [9.17, 15) is 4.79 Å². The van der Waals surface area contributed by atoms with Gasteiger partial charge in [0, 0.05) is 5.69 Å². The summed E-state index contributed by atoms with van der Waals surface area (Å²) >= 11 is 5.76. The van der Waals surface area contributed by atoms with E-state index in [0.717, 1.165) is 17.1 Å². The number of hydrogen-bond donors (Lipinski definition) is 2. The zero-order chi connectivity index (χ0) is 14.0. The smallest absolute Gasteiger partial charge is 0.356 e. The fourth-order valence-electron chi connectivity index (χ4n) is 1.62. The van der Waals surface area contributed by atoms with Gasteiger partial charge in [0.15, 0.2) is 5.69 Å². The lowest BCUT2D eigenvalue weighted by Gasteiger charge is -2.09. The molecule has 19 heavy (non-hydrogen) atoms. The molecule has 2 rings (SSSR count). The maximum atomic E-state index is 11.0. The maximum Gasteiger partial charge on any atom is 0.356 e. The predicted molar refractivity (Wildman–Crippen MR) is 73.2 cm³/mol. The number of hydrogen-bond acceptors (Lipinski definition) is 4. The molecule has 0 aromatic carbocycles. The second-order valence-electron chi connectivity index (χ2n) is 4.04. The van der Waals surface area contributed by atoms with Crippen molar-refractivity contribution in [3.05, 3.63) is 46.4 Å². The molecule has 0 unspecified atom stereocenters. The number of rotatable bonds is 3. The average molecular weight is 278 g/mol. The molecular formula is C13H12ClN3O2. The van der Waals surface area contributed by atoms with E-state index in [-0.39, 0.29) is 10.7 Å². The van der Waals surface area contributed by atoms with Crippen molar-refractivity contribution in [1.29, 1.82) is 0 Å². The Morgan fingerprint density at radius 3 is 2.58 bits per heavy atom.